The standard InChI is InChI=1S/C19H18BrN3O3/c1-12-8-13(2)23(22-12)18-7-5-15(10-21-18)19(24)26-11-14-4-6-17(25-3)16(20)9-14/h4-10H,11H2,1-3H3. The summed E-state index contributed by atoms with van der Waals surface area (Å²) in [5.74, 6) is 0.958. The van der Waals surface area contributed by atoms with E-state index in [9.17, 15) is 4.79 Å². The monoisotopic (exact) mass is 415 g/mol. The third-order valence-corrected chi connectivity index (χ3v) is 4.42. The molecular formula is C19H18BrN3O3. The third kappa shape index (κ3) is 3.94. The van der Waals surface area contributed by atoms with Crippen LogP contribution in [0, 0.1) is 13.8 Å². The van der Waals surface area contributed by atoms with Crippen LogP contribution in [-0.2, 0) is 11.3 Å². The molecule has 0 aliphatic rings. The van der Waals surface area contributed by atoms with Crippen molar-refractivity contribution in [3.8, 4) is 11.6 Å². The second kappa shape index (κ2) is 7.70. The summed E-state index contributed by atoms with van der Waals surface area (Å²) in [5, 5.41) is 4.38. The zero-order chi connectivity index (χ0) is 18.7. The predicted molar refractivity (Wildman–Crippen MR) is 101 cm³/mol. The van der Waals surface area contributed by atoms with Crippen LogP contribution in [0.15, 0.2) is 47.1 Å². The Morgan fingerprint density at radius 3 is 2.58 bits per heavy atom. The van der Waals surface area contributed by atoms with Crippen molar-refractivity contribution in [3.63, 3.8) is 0 Å². The van der Waals surface area contributed by atoms with Gasteiger partial charge in [-0.2, -0.15) is 5.10 Å². The Morgan fingerprint density at radius 2 is 2.00 bits per heavy atom. The van der Waals surface area contributed by atoms with Crippen LogP contribution in [0.2, 0.25) is 0 Å². The van der Waals surface area contributed by atoms with E-state index in [4.69, 9.17) is 9.47 Å². The van der Waals surface area contributed by atoms with Crippen LogP contribution in [0.1, 0.15) is 27.3 Å². The van der Waals surface area contributed by atoms with E-state index in [1.165, 1.54) is 6.20 Å². The Hall–Kier alpha value is -2.67. The lowest BCUT2D eigenvalue weighted by molar-refractivity contribution is 0.0472. The van der Waals surface area contributed by atoms with Crippen molar-refractivity contribution in [2.24, 2.45) is 0 Å². The molecule has 3 aromatic rings. The third-order valence-electron chi connectivity index (χ3n) is 3.80. The summed E-state index contributed by atoms with van der Waals surface area (Å²) in [5.41, 5.74) is 3.15. The fourth-order valence-electron chi connectivity index (χ4n) is 2.52. The number of benzene rings is 1. The number of aromatic nitrogens is 3. The number of esters is 1. The van der Waals surface area contributed by atoms with Crippen LogP contribution in [0.25, 0.3) is 5.82 Å². The van der Waals surface area contributed by atoms with Crippen LogP contribution < -0.4 is 4.74 Å². The van der Waals surface area contributed by atoms with Crippen molar-refractivity contribution >= 4 is 21.9 Å². The molecule has 1 aromatic carbocycles. The largest absolute Gasteiger partial charge is 0.496 e. The number of aryl methyl sites for hydroxylation is 2. The first-order valence-corrected chi connectivity index (χ1v) is 8.76. The molecule has 0 aliphatic carbocycles. The number of ether oxygens (including phenoxy) is 2. The maximum atomic E-state index is 12.2. The molecule has 134 valence electrons. The van der Waals surface area contributed by atoms with E-state index in [0.717, 1.165) is 27.2 Å². The second-order valence-corrected chi connectivity index (χ2v) is 6.64. The molecule has 0 saturated carbocycles. The average Bonchev–Trinajstić information content (AvgIpc) is 2.98. The number of pyridine rings is 1. The highest BCUT2D eigenvalue weighted by Gasteiger charge is 2.11. The molecular weight excluding hydrogens is 398 g/mol. The Labute approximate surface area is 159 Å². The van der Waals surface area contributed by atoms with Gasteiger partial charge in [-0.25, -0.2) is 14.5 Å². The van der Waals surface area contributed by atoms with Gasteiger partial charge in [0.15, 0.2) is 5.82 Å². The van der Waals surface area contributed by atoms with Gasteiger partial charge in [-0.3, -0.25) is 0 Å². The molecule has 2 aromatic heterocycles. The van der Waals surface area contributed by atoms with Gasteiger partial charge in [-0.05, 0) is 65.7 Å². The molecule has 3 rings (SSSR count). The highest BCUT2D eigenvalue weighted by atomic mass is 79.9. The van der Waals surface area contributed by atoms with Crippen molar-refractivity contribution in [1.29, 1.82) is 0 Å². The van der Waals surface area contributed by atoms with E-state index >= 15 is 0 Å². The van der Waals surface area contributed by atoms with Gasteiger partial charge in [-0.15, -0.1) is 0 Å². The fourth-order valence-corrected chi connectivity index (χ4v) is 3.11. The van der Waals surface area contributed by atoms with Crippen LogP contribution in [-0.4, -0.2) is 27.8 Å². The van der Waals surface area contributed by atoms with E-state index in [0.29, 0.717) is 11.4 Å². The highest BCUT2D eigenvalue weighted by molar-refractivity contribution is 9.10. The van der Waals surface area contributed by atoms with E-state index in [-0.39, 0.29) is 6.61 Å². The maximum Gasteiger partial charge on any atom is 0.340 e. The average molecular weight is 416 g/mol. The zero-order valence-corrected chi connectivity index (χ0v) is 16.3. The molecule has 0 radical (unpaired) electrons. The Balaban J connectivity index is 1.67. The lowest BCUT2D eigenvalue weighted by atomic mass is 10.2. The quantitative estimate of drug-likeness (QED) is 0.588. The topological polar surface area (TPSA) is 66.2 Å². The van der Waals surface area contributed by atoms with E-state index < -0.39 is 5.97 Å². The van der Waals surface area contributed by atoms with Crippen molar-refractivity contribution in [3.05, 3.63) is 69.6 Å². The van der Waals surface area contributed by atoms with Gasteiger partial charge in [0.25, 0.3) is 0 Å². The SMILES string of the molecule is COc1ccc(COC(=O)c2ccc(-n3nc(C)cc3C)nc2)cc1Br. The highest BCUT2D eigenvalue weighted by Crippen LogP contribution is 2.25. The number of hydrogen-bond donors (Lipinski definition) is 0. The first-order valence-electron chi connectivity index (χ1n) is 7.97. The van der Waals surface area contributed by atoms with Gasteiger partial charge in [-0.1, -0.05) is 6.07 Å². The van der Waals surface area contributed by atoms with E-state index in [1.807, 2.05) is 38.1 Å². The minimum atomic E-state index is -0.427. The summed E-state index contributed by atoms with van der Waals surface area (Å²) in [6, 6.07) is 10.9. The molecule has 7 heteroatoms. The minimum Gasteiger partial charge on any atom is -0.496 e. The first-order chi connectivity index (χ1) is 12.5. The molecule has 0 saturated heterocycles. The Bertz CT molecular complexity index is 936. The number of carbonyl (C=O) groups excluding carboxylic acids is 1. The van der Waals surface area contributed by atoms with Crippen molar-refractivity contribution < 1.29 is 14.3 Å². The van der Waals surface area contributed by atoms with E-state index in [2.05, 4.69) is 26.0 Å². The number of nitrogens with zero attached hydrogens (tertiary/aromatic N) is 3. The van der Waals surface area contributed by atoms with Crippen molar-refractivity contribution in [2.45, 2.75) is 20.5 Å². The molecule has 0 amide bonds. The zero-order valence-electron chi connectivity index (χ0n) is 14.7. The van der Waals surface area contributed by atoms with Gasteiger partial charge < -0.3 is 9.47 Å². The van der Waals surface area contributed by atoms with Gasteiger partial charge >= 0.3 is 5.97 Å². The molecule has 26 heavy (non-hydrogen) atoms. The minimum absolute atomic E-state index is 0.167. The number of carbonyl (C=O) groups is 1. The molecule has 0 atom stereocenters. The van der Waals surface area contributed by atoms with Gasteiger partial charge in [0.2, 0.25) is 0 Å². The number of rotatable bonds is 5. The lowest BCUT2D eigenvalue weighted by Gasteiger charge is -2.08. The summed E-state index contributed by atoms with van der Waals surface area (Å²) >= 11 is 3.41. The molecule has 0 fully saturated rings. The van der Waals surface area contributed by atoms with Gasteiger partial charge in [0, 0.05) is 11.9 Å². The molecule has 0 N–H and O–H groups in total. The number of hydrogen-bond acceptors (Lipinski definition) is 5. The number of methoxy groups -OCH3 is 1. The van der Waals surface area contributed by atoms with Crippen LogP contribution in [0.3, 0.4) is 0 Å². The molecule has 0 bridgehead atoms. The van der Waals surface area contributed by atoms with Crippen LogP contribution >= 0.6 is 15.9 Å². The van der Waals surface area contributed by atoms with Crippen LogP contribution in [0.5, 0.6) is 5.75 Å². The summed E-state index contributed by atoms with van der Waals surface area (Å²) in [6.07, 6.45) is 1.50. The number of halogens is 1. The molecule has 0 spiro atoms. The summed E-state index contributed by atoms with van der Waals surface area (Å²) in [4.78, 5) is 16.5. The second-order valence-electron chi connectivity index (χ2n) is 5.79. The Kier molecular flexibility index (Phi) is 5.37. The predicted octanol–water partition coefficient (Wildman–Crippen LogP) is 4.01. The molecule has 0 aliphatic heterocycles. The Morgan fingerprint density at radius 1 is 1.19 bits per heavy atom. The van der Waals surface area contributed by atoms with Gasteiger partial charge in [0.05, 0.1) is 22.8 Å². The lowest BCUT2D eigenvalue weighted by Crippen LogP contribution is -2.08. The maximum absolute atomic E-state index is 12.2. The molecule has 6 nitrogen and oxygen atoms in total. The van der Waals surface area contributed by atoms with E-state index in [1.54, 1.807) is 23.9 Å². The van der Waals surface area contributed by atoms with Crippen molar-refractivity contribution in [1.82, 2.24) is 14.8 Å². The molecule has 2 heterocycles. The van der Waals surface area contributed by atoms with Crippen molar-refractivity contribution in [2.75, 3.05) is 7.11 Å². The fraction of sp³-hybridized carbons (Fsp3) is 0.211. The molecule has 0 unspecified atom stereocenters. The summed E-state index contributed by atoms with van der Waals surface area (Å²) < 4.78 is 13.1. The smallest absolute Gasteiger partial charge is 0.340 e. The first kappa shape index (κ1) is 18.1. The van der Waals surface area contributed by atoms with Gasteiger partial charge in [0.1, 0.15) is 12.4 Å². The summed E-state index contributed by atoms with van der Waals surface area (Å²) in [7, 11) is 1.60. The normalized spacial score (nSPS) is 10.6. The van der Waals surface area contributed by atoms with Crippen LogP contribution in [0.4, 0.5) is 0 Å². The summed E-state index contributed by atoms with van der Waals surface area (Å²) in [6.45, 7) is 4.05.